The summed E-state index contributed by atoms with van der Waals surface area (Å²) in [5.41, 5.74) is 3.14. The number of nitrogens with zero attached hydrogens (tertiary/aromatic N) is 3. The molecule has 1 saturated carbocycles. The number of nitrogens with two attached hydrogens (primary N) is 1. The van der Waals surface area contributed by atoms with E-state index in [0.717, 1.165) is 49.6 Å². The molecule has 19 heavy (non-hydrogen) atoms. The third kappa shape index (κ3) is 2.60. The smallest absolute Gasteiger partial charge is 0.148 e. The summed E-state index contributed by atoms with van der Waals surface area (Å²) >= 11 is 1.29. The molecule has 2 unspecified atom stereocenters. The number of aliphatic hydroxyl groups is 1. The van der Waals surface area contributed by atoms with Crippen LogP contribution in [-0.2, 0) is 6.54 Å². The highest BCUT2D eigenvalue weighted by atomic mass is 32.1. The number of fused-ring (bicyclic) bond motifs is 1. The quantitative estimate of drug-likeness (QED) is 0.565. The zero-order valence-corrected chi connectivity index (χ0v) is 11.8. The van der Waals surface area contributed by atoms with Gasteiger partial charge >= 0.3 is 0 Å². The van der Waals surface area contributed by atoms with Gasteiger partial charge < -0.3 is 10.5 Å². The van der Waals surface area contributed by atoms with E-state index in [0.29, 0.717) is 5.92 Å². The Morgan fingerprint density at radius 3 is 3.21 bits per heavy atom. The van der Waals surface area contributed by atoms with Gasteiger partial charge in [0.1, 0.15) is 10.7 Å². The standard InChI is InChI=1S/C12H21N5OS/c13-14-11-10(15-16-19-11)8-17-6-5-12(18)4-2-1-3-9(12)7-17/h9,14,18H,1-8,13H2. The van der Waals surface area contributed by atoms with Gasteiger partial charge in [-0.25, -0.2) is 5.84 Å². The first-order chi connectivity index (χ1) is 9.21. The molecular weight excluding hydrogens is 262 g/mol. The van der Waals surface area contributed by atoms with Crippen molar-refractivity contribution in [3.8, 4) is 0 Å². The number of nitrogens with one attached hydrogen (secondary N) is 1. The average Bonchev–Trinajstić information content (AvgIpc) is 2.86. The van der Waals surface area contributed by atoms with Gasteiger partial charge in [-0.1, -0.05) is 17.3 Å². The predicted octanol–water partition coefficient (Wildman–Crippen LogP) is 0.951. The summed E-state index contributed by atoms with van der Waals surface area (Å²) in [6.45, 7) is 2.65. The number of anilines is 1. The Labute approximate surface area is 117 Å². The van der Waals surface area contributed by atoms with Gasteiger partial charge in [0.15, 0.2) is 0 Å². The Morgan fingerprint density at radius 1 is 1.47 bits per heavy atom. The fourth-order valence-electron chi connectivity index (χ4n) is 3.42. The first-order valence-electron chi connectivity index (χ1n) is 6.94. The number of rotatable bonds is 3. The zero-order valence-electron chi connectivity index (χ0n) is 11.0. The highest BCUT2D eigenvalue weighted by Crippen LogP contribution is 2.40. The van der Waals surface area contributed by atoms with Crippen LogP contribution in [0.15, 0.2) is 0 Å². The highest BCUT2D eigenvalue weighted by Gasteiger charge is 2.42. The maximum Gasteiger partial charge on any atom is 0.148 e. The Bertz CT molecular complexity index is 440. The third-order valence-electron chi connectivity index (χ3n) is 4.57. The number of hydrogen-bond donors (Lipinski definition) is 3. The number of piperidine rings is 1. The predicted molar refractivity (Wildman–Crippen MR) is 74.5 cm³/mol. The van der Waals surface area contributed by atoms with Crippen LogP contribution >= 0.6 is 11.5 Å². The summed E-state index contributed by atoms with van der Waals surface area (Å²) in [5.74, 6) is 5.86. The van der Waals surface area contributed by atoms with Gasteiger partial charge in [-0.2, -0.15) is 0 Å². The minimum Gasteiger partial charge on any atom is -0.390 e. The molecular formula is C12H21N5OS. The molecule has 1 aliphatic heterocycles. The maximum atomic E-state index is 10.7. The second-order valence-electron chi connectivity index (χ2n) is 5.72. The minimum absolute atomic E-state index is 0.413. The second kappa shape index (κ2) is 5.32. The normalized spacial score (nSPS) is 32.0. The van der Waals surface area contributed by atoms with Gasteiger partial charge in [0, 0.05) is 37.1 Å². The molecule has 2 fully saturated rings. The minimum atomic E-state index is -0.413. The molecule has 106 valence electrons. The summed E-state index contributed by atoms with van der Waals surface area (Å²) in [4.78, 5) is 2.36. The Kier molecular flexibility index (Phi) is 3.70. The molecule has 1 aromatic heterocycles. The van der Waals surface area contributed by atoms with Crippen molar-refractivity contribution in [2.45, 2.75) is 44.2 Å². The average molecular weight is 283 g/mol. The second-order valence-corrected chi connectivity index (χ2v) is 6.48. The molecule has 0 amide bonds. The summed E-state index contributed by atoms with van der Waals surface area (Å²) in [5, 5.41) is 15.6. The van der Waals surface area contributed by atoms with Gasteiger partial charge in [0.25, 0.3) is 0 Å². The lowest BCUT2D eigenvalue weighted by Crippen LogP contribution is -2.53. The van der Waals surface area contributed by atoms with Crippen LogP contribution in [0.25, 0.3) is 0 Å². The van der Waals surface area contributed by atoms with Crippen LogP contribution in [0.5, 0.6) is 0 Å². The van der Waals surface area contributed by atoms with E-state index in [1.54, 1.807) is 0 Å². The molecule has 1 saturated heterocycles. The fourth-order valence-corrected chi connectivity index (χ4v) is 3.90. The largest absolute Gasteiger partial charge is 0.390 e. The number of hydrogen-bond acceptors (Lipinski definition) is 7. The Balaban J connectivity index is 1.65. The molecule has 6 nitrogen and oxygen atoms in total. The molecule has 0 aromatic carbocycles. The van der Waals surface area contributed by atoms with E-state index in [4.69, 9.17) is 5.84 Å². The van der Waals surface area contributed by atoms with E-state index in [1.165, 1.54) is 24.4 Å². The summed E-state index contributed by atoms with van der Waals surface area (Å²) in [7, 11) is 0. The van der Waals surface area contributed by atoms with E-state index >= 15 is 0 Å². The van der Waals surface area contributed by atoms with Crippen LogP contribution in [0.1, 0.15) is 37.8 Å². The lowest BCUT2D eigenvalue weighted by Gasteiger charge is -2.47. The molecule has 2 aliphatic rings. The van der Waals surface area contributed by atoms with E-state index < -0.39 is 5.60 Å². The van der Waals surface area contributed by atoms with Gasteiger partial charge in [0.2, 0.25) is 0 Å². The van der Waals surface area contributed by atoms with Gasteiger partial charge in [0.05, 0.1) is 5.60 Å². The third-order valence-corrected chi connectivity index (χ3v) is 5.27. The Morgan fingerprint density at radius 2 is 2.37 bits per heavy atom. The first kappa shape index (κ1) is 13.2. The topological polar surface area (TPSA) is 87.3 Å². The maximum absolute atomic E-state index is 10.7. The molecule has 0 radical (unpaired) electrons. The molecule has 7 heteroatoms. The van der Waals surface area contributed by atoms with Gasteiger partial charge in [-0.3, -0.25) is 4.90 Å². The number of nitrogen functional groups attached to an aromatic ring is 1. The number of likely N-dealkylation sites (tertiary alicyclic amines) is 1. The fraction of sp³-hybridized carbons (Fsp3) is 0.833. The molecule has 3 rings (SSSR count). The lowest BCUT2D eigenvalue weighted by atomic mass is 9.71. The summed E-state index contributed by atoms with van der Waals surface area (Å²) in [6.07, 6.45) is 5.41. The molecule has 1 aromatic rings. The van der Waals surface area contributed by atoms with Gasteiger partial charge in [-0.15, -0.1) is 5.10 Å². The zero-order chi connectivity index (χ0) is 13.3. The van der Waals surface area contributed by atoms with Crippen molar-refractivity contribution in [1.29, 1.82) is 0 Å². The van der Waals surface area contributed by atoms with Gasteiger partial charge in [-0.05, 0) is 19.3 Å². The first-order valence-corrected chi connectivity index (χ1v) is 7.71. The highest BCUT2D eigenvalue weighted by molar-refractivity contribution is 7.10. The van der Waals surface area contributed by atoms with E-state index in [9.17, 15) is 5.11 Å². The summed E-state index contributed by atoms with van der Waals surface area (Å²) in [6, 6.07) is 0. The van der Waals surface area contributed by atoms with Crippen LogP contribution < -0.4 is 11.3 Å². The molecule has 1 aliphatic carbocycles. The molecule has 0 bridgehead atoms. The van der Waals surface area contributed by atoms with Crippen LogP contribution in [0, 0.1) is 5.92 Å². The van der Waals surface area contributed by atoms with Crippen molar-refractivity contribution in [3.05, 3.63) is 5.69 Å². The van der Waals surface area contributed by atoms with E-state index in [1.807, 2.05) is 0 Å². The van der Waals surface area contributed by atoms with Crippen molar-refractivity contribution in [2.24, 2.45) is 11.8 Å². The number of aromatic nitrogens is 2. The number of hydrazine groups is 1. The van der Waals surface area contributed by atoms with Crippen LogP contribution in [-0.4, -0.2) is 38.3 Å². The molecule has 2 atom stereocenters. The van der Waals surface area contributed by atoms with Crippen molar-refractivity contribution in [2.75, 3.05) is 18.5 Å². The van der Waals surface area contributed by atoms with Crippen molar-refractivity contribution < 1.29 is 5.11 Å². The van der Waals surface area contributed by atoms with Crippen molar-refractivity contribution >= 4 is 16.5 Å². The lowest BCUT2D eigenvalue weighted by molar-refractivity contribution is -0.0969. The van der Waals surface area contributed by atoms with Crippen molar-refractivity contribution in [1.82, 2.24) is 14.5 Å². The molecule has 4 N–H and O–H groups in total. The SMILES string of the molecule is NNc1snnc1CN1CCC2(O)CCCCC2C1. The van der Waals surface area contributed by atoms with Crippen LogP contribution in [0.4, 0.5) is 5.00 Å². The summed E-state index contributed by atoms with van der Waals surface area (Å²) < 4.78 is 3.93. The Hall–Kier alpha value is -0.760. The van der Waals surface area contributed by atoms with E-state index in [2.05, 4.69) is 19.9 Å². The van der Waals surface area contributed by atoms with Crippen LogP contribution in [0.2, 0.25) is 0 Å². The van der Waals surface area contributed by atoms with E-state index in [-0.39, 0.29) is 0 Å². The van der Waals surface area contributed by atoms with Crippen molar-refractivity contribution in [3.63, 3.8) is 0 Å². The van der Waals surface area contributed by atoms with Crippen LogP contribution in [0.3, 0.4) is 0 Å². The molecule has 2 heterocycles. The molecule has 0 spiro atoms. The monoisotopic (exact) mass is 283 g/mol.